The summed E-state index contributed by atoms with van der Waals surface area (Å²) in [5, 5.41) is 5.35. The summed E-state index contributed by atoms with van der Waals surface area (Å²) in [5.74, 6) is 11.2. The number of rotatable bonds is 6. The molecule has 2 aromatic carbocycles. The monoisotopic (exact) mass is 376 g/mol. The van der Waals surface area contributed by atoms with E-state index in [-0.39, 0.29) is 24.9 Å². The number of benzene rings is 2. The summed E-state index contributed by atoms with van der Waals surface area (Å²) in [5.41, 5.74) is 0.883. The zero-order valence-corrected chi connectivity index (χ0v) is 15.7. The molecule has 6 heteroatoms. The van der Waals surface area contributed by atoms with Gasteiger partial charge in [-0.15, -0.1) is 0 Å². The lowest BCUT2D eigenvalue weighted by Gasteiger charge is -2.06. The standard InChI is InChI=1S/C22H20N2O4/c1-27-19-13-7-5-11-17(19)21(25)23-15-9-3-4-10-16-24-22(26)18-12-6-8-14-20(18)28-2/h5-8,11-14H,15-16H2,1-2H3,(H,23,25)(H,24,26). The molecule has 2 aromatic rings. The van der Waals surface area contributed by atoms with Gasteiger partial charge in [0, 0.05) is 0 Å². The second kappa shape index (κ2) is 10.9. The minimum atomic E-state index is -0.274. The predicted octanol–water partition coefficient (Wildman–Crippen LogP) is 1.87. The number of para-hydroxylation sites is 2. The van der Waals surface area contributed by atoms with E-state index in [1.807, 2.05) is 0 Å². The van der Waals surface area contributed by atoms with E-state index in [1.54, 1.807) is 48.5 Å². The molecule has 2 amide bonds. The average molecular weight is 376 g/mol. The van der Waals surface area contributed by atoms with E-state index in [0.29, 0.717) is 22.6 Å². The van der Waals surface area contributed by atoms with Crippen LogP contribution >= 0.6 is 0 Å². The number of hydrogen-bond acceptors (Lipinski definition) is 4. The van der Waals surface area contributed by atoms with E-state index in [2.05, 4.69) is 34.3 Å². The lowest BCUT2D eigenvalue weighted by Crippen LogP contribution is -2.24. The number of carbonyl (C=O) groups excluding carboxylic acids is 2. The van der Waals surface area contributed by atoms with Gasteiger partial charge in [0.25, 0.3) is 11.8 Å². The Hall–Kier alpha value is -3.90. The van der Waals surface area contributed by atoms with Crippen LogP contribution < -0.4 is 20.1 Å². The minimum absolute atomic E-state index is 0.152. The lowest BCUT2D eigenvalue weighted by atomic mass is 10.2. The van der Waals surface area contributed by atoms with Gasteiger partial charge in [0.05, 0.1) is 38.4 Å². The van der Waals surface area contributed by atoms with E-state index in [4.69, 9.17) is 9.47 Å². The summed E-state index contributed by atoms with van der Waals surface area (Å²) < 4.78 is 10.3. The predicted molar refractivity (Wildman–Crippen MR) is 106 cm³/mol. The minimum Gasteiger partial charge on any atom is -0.496 e. The maximum Gasteiger partial charge on any atom is 0.255 e. The molecule has 0 atom stereocenters. The molecule has 0 fully saturated rings. The van der Waals surface area contributed by atoms with Crippen LogP contribution in [-0.4, -0.2) is 39.1 Å². The first-order valence-corrected chi connectivity index (χ1v) is 8.45. The van der Waals surface area contributed by atoms with Gasteiger partial charge in [-0.25, -0.2) is 0 Å². The van der Waals surface area contributed by atoms with Gasteiger partial charge in [0.2, 0.25) is 0 Å². The molecule has 0 radical (unpaired) electrons. The topological polar surface area (TPSA) is 76.7 Å². The van der Waals surface area contributed by atoms with Crippen LogP contribution in [0.3, 0.4) is 0 Å². The van der Waals surface area contributed by atoms with E-state index in [9.17, 15) is 9.59 Å². The van der Waals surface area contributed by atoms with Crippen LogP contribution in [0, 0.1) is 23.7 Å². The Bertz CT molecular complexity index is 882. The third kappa shape index (κ3) is 5.82. The Morgan fingerprint density at radius 2 is 1.14 bits per heavy atom. The zero-order valence-electron chi connectivity index (χ0n) is 15.7. The Labute approximate surface area is 164 Å². The maximum absolute atomic E-state index is 12.1. The molecule has 0 aliphatic carbocycles. The molecule has 6 nitrogen and oxygen atoms in total. The molecule has 0 saturated carbocycles. The number of ether oxygens (including phenoxy) is 2. The first-order chi connectivity index (χ1) is 13.7. The number of nitrogens with one attached hydrogen (secondary N) is 2. The smallest absolute Gasteiger partial charge is 0.255 e. The molecule has 0 unspecified atom stereocenters. The number of methoxy groups -OCH3 is 2. The lowest BCUT2D eigenvalue weighted by molar-refractivity contribution is 0.0947. The number of carbonyl (C=O) groups is 2. The van der Waals surface area contributed by atoms with Crippen LogP contribution in [0.25, 0.3) is 0 Å². The van der Waals surface area contributed by atoms with E-state index < -0.39 is 0 Å². The Balaban J connectivity index is 1.77. The number of amides is 2. The van der Waals surface area contributed by atoms with Gasteiger partial charge in [-0.1, -0.05) is 36.1 Å². The van der Waals surface area contributed by atoms with Crippen molar-refractivity contribution in [3.05, 3.63) is 59.7 Å². The zero-order chi connectivity index (χ0) is 20.2. The fourth-order valence-corrected chi connectivity index (χ4v) is 2.28. The van der Waals surface area contributed by atoms with Crippen LogP contribution in [0.5, 0.6) is 11.5 Å². The summed E-state index contributed by atoms with van der Waals surface area (Å²) in [6.45, 7) is 0.304. The van der Waals surface area contributed by atoms with Crippen molar-refractivity contribution in [3.8, 4) is 35.2 Å². The van der Waals surface area contributed by atoms with Crippen molar-refractivity contribution in [1.29, 1.82) is 0 Å². The third-order valence-corrected chi connectivity index (χ3v) is 3.62. The summed E-state index contributed by atoms with van der Waals surface area (Å²) in [4.78, 5) is 24.1. The highest BCUT2D eigenvalue weighted by atomic mass is 16.5. The second-order valence-corrected chi connectivity index (χ2v) is 5.37. The molecule has 0 saturated heterocycles. The molecule has 0 aromatic heterocycles. The molecule has 0 spiro atoms. The van der Waals surface area contributed by atoms with Crippen LogP contribution in [-0.2, 0) is 0 Å². The molecule has 28 heavy (non-hydrogen) atoms. The van der Waals surface area contributed by atoms with E-state index in [0.717, 1.165) is 0 Å². The van der Waals surface area contributed by atoms with E-state index in [1.165, 1.54) is 14.2 Å². The van der Waals surface area contributed by atoms with Gasteiger partial charge in [-0.05, 0) is 36.1 Å². The van der Waals surface area contributed by atoms with Gasteiger partial charge in [0.15, 0.2) is 0 Å². The van der Waals surface area contributed by atoms with Gasteiger partial charge < -0.3 is 20.1 Å². The summed E-state index contributed by atoms with van der Waals surface area (Å²) in [6, 6.07) is 13.9. The van der Waals surface area contributed by atoms with Crippen molar-refractivity contribution in [1.82, 2.24) is 10.6 Å². The normalized spacial score (nSPS) is 9.07. The highest BCUT2D eigenvalue weighted by molar-refractivity contribution is 5.97. The quantitative estimate of drug-likeness (QED) is 0.755. The second-order valence-electron chi connectivity index (χ2n) is 5.37. The molecular formula is C22H20N2O4. The van der Waals surface area contributed by atoms with Crippen LogP contribution in [0.15, 0.2) is 48.5 Å². The summed E-state index contributed by atoms with van der Waals surface area (Å²) in [7, 11) is 3.02. The third-order valence-electron chi connectivity index (χ3n) is 3.62. The molecule has 142 valence electrons. The SMILES string of the molecule is COc1ccccc1C(=O)NCC#CC#CCNC(=O)c1ccccc1OC. The van der Waals surface area contributed by atoms with Crippen molar-refractivity contribution in [2.45, 2.75) is 0 Å². The molecule has 0 aliphatic rings. The van der Waals surface area contributed by atoms with Gasteiger partial charge in [0.1, 0.15) is 11.5 Å². The summed E-state index contributed by atoms with van der Waals surface area (Å²) in [6.07, 6.45) is 0. The van der Waals surface area contributed by atoms with Crippen molar-refractivity contribution < 1.29 is 19.1 Å². The first-order valence-electron chi connectivity index (χ1n) is 8.45. The van der Waals surface area contributed by atoms with Gasteiger partial charge >= 0.3 is 0 Å². The van der Waals surface area contributed by atoms with Crippen molar-refractivity contribution in [2.24, 2.45) is 0 Å². The summed E-state index contributed by atoms with van der Waals surface area (Å²) >= 11 is 0. The van der Waals surface area contributed by atoms with Crippen LogP contribution in [0.4, 0.5) is 0 Å². The van der Waals surface area contributed by atoms with Gasteiger partial charge in [-0.2, -0.15) is 0 Å². The molecule has 0 aliphatic heterocycles. The molecule has 2 N–H and O–H groups in total. The Kier molecular flexibility index (Phi) is 7.98. The Morgan fingerprint density at radius 1 is 0.750 bits per heavy atom. The fraction of sp³-hybridized carbons (Fsp3) is 0.182. The van der Waals surface area contributed by atoms with Crippen LogP contribution in [0.2, 0.25) is 0 Å². The molecule has 0 heterocycles. The Morgan fingerprint density at radius 3 is 1.54 bits per heavy atom. The van der Waals surface area contributed by atoms with E-state index >= 15 is 0 Å². The molecule has 2 rings (SSSR count). The van der Waals surface area contributed by atoms with Crippen molar-refractivity contribution >= 4 is 11.8 Å². The number of hydrogen-bond donors (Lipinski definition) is 2. The highest BCUT2D eigenvalue weighted by Crippen LogP contribution is 2.17. The molecular weight excluding hydrogens is 356 g/mol. The largest absolute Gasteiger partial charge is 0.496 e. The van der Waals surface area contributed by atoms with Gasteiger partial charge in [-0.3, -0.25) is 9.59 Å². The van der Waals surface area contributed by atoms with Crippen LogP contribution in [0.1, 0.15) is 20.7 Å². The van der Waals surface area contributed by atoms with Crippen molar-refractivity contribution in [3.63, 3.8) is 0 Å². The maximum atomic E-state index is 12.1. The van der Waals surface area contributed by atoms with Crippen molar-refractivity contribution in [2.75, 3.05) is 27.3 Å². The first kappa shape index (κ1) is 20.4. The fourth-order valence-electron chi connectivity index (χ4n) is 2.28. The average Bonchev–Trinajstić information content (AvgIpc) is 2.75. The highest BCUT2D eigenvalue weighted by Gasteiger charge is 2.10. The molecule has 0 bridgehead atoms.